The minimum atomic E-state index is -0.717. The number of aryl methyl sites for hydroxylation is 1. The summed E-state index contributed by atoms with van der Waals surface area (Å²) in [5.41, 5.74) is 1.45. The molecule has 22 heavy (non-hydrogen) atoms. The number of esters is 1. The fraction of sp³-hybridized carbons (Fsp3) is 0.235. The molecule has 0 radical (unpaired) electrons. The van der Waals surface area contributed by atoms with E-state index in [9.17, 15) is 9.59 Å². The molecule has 0 aliphatic carbocycles. The molecule has 0 unspecified atom stereocenters. The molecule has 0 aliphatic rings. The molecule has 0 saturated heterocycles. The molecule has 0 spiro atoms. The van der Waals surface area contributed by atoms with E-state index in [0.29, 0.717) is 12.0 Å². The Kier molecular flexibility index (Phi) is 5.25. The van der Waals surface area contributed by atoms with Crippen LogP contribution in [0.3, 0.4) is 0 Å². The van der Waals surface area contributed by atoms with E-state index in [4.69, 9.17) is 4.74 Å². The van der Waals surface area contributed by atoms with Crippen LogP contribution in [-0.2, 0) is 23.0 Å². The van der Waals surface area contributed by atoms with Gasteiger partial charge in [-0.15, -0.1) is 0 Å². The van der Waals surface area contributed by atoms with Crippen LogP contribution in [0, 0.1) is 0 Å². The van der Waals surface area contributed by atoms with Gasteiger partial charge in [-0.05, 0) is 11.6 Å². The van der Waals surface area contributed by atoms with Gasteiger partial charge in [0.2, 0.25) is 0 Å². The Balaban J connectivity index is 2.13. The highest BCUT2D eigenvalue weighted by atomic mass is 16.5. The van der Waals surface area contributed by atoms with Gasteiger partial charge < -0.3 is 10.1 Å². The van der Waals surface area contributed by atoms with Crippen LogP contribution in [0.25, 0.3) is 0 Å². The molecule has 1 atom stereocenters. The van der Waals surface area contributed by atoms with Crippen LogP contribution in [0.5, 0.6) is 0 Å². The number of hydrogen-bond acceptors (Lipinski definition) is 3. The molecule has 1 heterocycles. The van der Waals surface area contributed by atoms with E-state index >= 15 is 0 Å². The molecule has 1 N–H and O–H groups in total. The van der Waals surface area contributed by atoms with Crippen molar-refractivity contribution in [3.8, 4) is 0 Å². The van der Waals surface area contributed by atoms with Gasteiger partial charge in [0.1, 0.15) is 18.7 Å². The second-order valence-electron chi connectivity index (χ2n) is 5.00. The zero-order valence-electron chi connectivity index (χ0n) is 12.7. The monoisotopic (exact) mass is 299 g/mol. The van der Waals surface area contributed by atoms with Crippen LogP contribution in [0.15, 0.2) is 54.9 Å². The van der Waals surface area contributed by atoms with E-state index in [1.165, 1.54) is 7.11 Å². The number of nitrogens with zero attached hydrogens (tertiary/aromatic N) is 1. The quantitative estimate of drug-likeness (QED) is 0.662. The fourth-order valence-corrected chi connectivity index (χ4v) is 2.15. The van der Waals surface area contributed by atoms with Crippen LogP contribution in [0.2, 0.25) is 0 Å². The number of benzene rings is 1. The first-order valence-electron chi connectivity index (χ1n) is 6.98. The minimum Gasteiger partial charge on any atom is -0.467 e. The maximum absolute atomic E-state index is 12.3. The van der Waals surface area contributed by atoms with Gasteiger partial charge in [0.25, 0.3) is 5.91 Å². The second-order valence-corrected chi connectivity index (χ2v) is 5.00. The Morgan fingerprint density at radius 3 is 2.55 bits per heavy atom. The number of methoxy groups -OCH3 is 1. The highest BCUT2D eigenvalue weighted by Gasteiger charge is 2.23. The van der Waals surface area contributed by atoms with Crippen molar-refractivity contribution in [2.75, 3.05) is 7.11 Å². The van der Waals surface area contributed by atoms with Crippen molar-refractivity contribution in [3.05, 3.63) is 66.0 Å². The van der Waals surface area contributed by atoms with Crippen molar-refractivity contribution in [2.45, 2.75) is 12.5 Å². The predicted molar refractivity (Wildman–Crippen MR) is 81.0 cm³/mol. The summed E-state index contributed by atoms with van der Waals surface area (Å²) in [6.07, 6.45) is 3.92. The molecule has 1 amide bonds. The molecule has 5 heteroatoms. The van der Waals surface area contributed by atoms with E-state index in [0.717, 1.165) is 5.56 Å². The van der Waals surface area contributed by atoms with Crippen LogP contribution in [0.4, 0.5) is 0 Å². The van der Waals surface area contributed by atoms with Crippen molar-refractivity contribution >= 4 is 11.9 Å². The predicted octanol–water partition coefficient (Wildman–Crippen LogP) is 1.03. The van der Waals surface area contributed by atoms with Crippen LogP contribution < -0.4 is 9.88 Å². The molecular formula is C17H19N2O3+. The first-order valence-corrected chi connectivity index (χ1v) is 6.98. The third-order valence-electron chi connectivity index (χ3n) is 3.28. The SMILES string of the molecule is COC(=O)[C@H](Cc1ccccc1)NC(=O)c1ccc[n+](C)c1. The molecule has 1 aromatic heterocycles. The van der Waals surface area contributed by atoms with E-state index in [1.54, 1.807) is 22.9 Å². The Bertz CT molecular complexity index is 656. The van der Waals surface area contributed by atoms with Crippen LogP contribution >= 0.6 is 0 Å². The average Bonchev–Trinajstić information content (AvgIpc) is 2.54. The van der Waals surface area contributed by atoms with Crippen LogP contribution in [-0.4, -0.2) is 25.0 Å². The molecule has 2 aromatic rings. The van der Waals surface area contributed by atoms with Crippen LogP contribution in [0.1, 0.15) is 15.9 Å². The third kappa shape index (κ3) is 4.15. The lowest BCUT2D eigenvalue weighted by molar-refractivity contribution is -0.671. The molecule has 0 bridgehead atoms. The van der Waals surface area contributed by atoms with E-state index in [-0.39, 0.29) is 5.91 Å². The van der Waals surface area contributed by atoms with E-state index in [1.807, 2.05) is 43.6 Å². The molecule has 0 saturated carbocycles. The second kappa shape index (κ2) is 7.36. The summed E-state index contributed by atoms with van der Waals surface area (Å²) >= 11 is 0. The molecule has 1 aromatic carbocycles. The zero-order valence-corrected chi connectivity index (χ0v) is 12.7. The van der Waals surface area contributed by atoms with Crippen molar-refractivity contribution < 1.29 is 18.9 Å². The van der Waals surface area contributed by atoms with Gasteiger partial charge in [-0.2, -0.15) is 0 Å². The van der Waals surface area contributed by atoms with Crippen molar-refractivity contribution in [1.82, 2.24) is 5.32 Å². The number of aromatic nitrogens is 1. The minimum absolute atomic E-state index is 0.303. The van der Waals surface area contributed by atoms with Gasteiger partial charge in [-0.3, -0.25) is 4.79 Å². The topological polar surface area (TPSA) is 59.3 Å². The van der Waals surface area contributed by atoms with E-state index in [2.05, 4.69) is 5.32 Å². The summed E-state index contributed by atoms with van der Waals surface area (Å²) in [5, 5.41) is 2.73. The van der Waals surface area contributed by atoms with Gasteiger partial charge in [-0.25, -0.2) is 9.36 Å². The largest absolute Gasteiger partial charge is 0.467 e. The van der Waals surface area contributed by atoms with Gasteiger partial charge in [0.15, 0.2) is 12.4 Å². The normalized spacial score (nSPS) is 11.5. The van der Waals surface area contributed by atoms with Gasteiger partial charge >= 0.3 is 5.97 Å². The maximum atomic E-state index is 12.3. The Hall–Kier alpha value is -2.69. The molecular weight excluding hydrogens is 280 g/mol. The first kappa shape index (κ1) is 15.7. The average molecular weight is 299 g/mol. The van der Waals surface area contributed by atoms with Gasteiger partial charge in [0.05, 0.1) is 7.11 Å². The smallest absolute Gasteiger partial charge is 0.328 e. The van der Waals surface area contributed by atoms with Gasteiger partial charge in [0, 0.05) is 12.5 Å². The maximum Gasteiger partial charge on any atom is 0.328 e. The van der Waals surface area contributed by atoms with Gasteiger partial charge in [-0.1, -0.05) is 30.3 Å². The molecule has 0 aliphatic heterocycles. The van der Waals surface area contributed by atoms with Crippen molar-refractivity contribution in [2.24, 2.45) is 7.05 Å². The summed E-state index contributed by atoms with van der Waals surface area (Å²) in [6.45, 7) is 0. The Morgan fingerprint density at radius 1 is 1.18 bits per heavy atom. The molecule has 5 nitrogen and oxygen atoms in total. The molecule has 114 valence electrons. The highest BCUT2D eigenvalue weighted by molar-refractivity contribution is 5.96. The number of ether oxygens (including phenoxy) is 1. The molecule has 2 rings (SSSR count). The lowest BCUT2D eigenvalue weighted by Gasteiger charge is -2.16. The molecule has 0 fully saturated rings. The lowest BCUT2D eigenvalue weighted by atomic mass is 10.1. The standard InChI is InChI=1S/C17H18N2O3/c1-19-10-6-9-14(12-19)16(20)18-15(17(21)22-2)11-13-7-4-3-5-8-13/h3-10,12,15H,11H2,1-2H3/p+1/t15-/m0/s1. The Labute approximate surface area is 129 Å². The lowest BCUT2D eigenvalue weighted by Crippen LogP contribution is -2.43. The summed E-state index contributed by atoms with van der Waals surface area (Å²) in [7, 11) is 3.15. The number of hydrogen-bond donors (Lipinski definition) is 1. The highest BCUT2D eigenvalue weighted by Crippen LogP contribution is 2.06. The number of nitrogens with one attached hydrogen (secondary N) is 1. The van der Waals surface area contributed by atoms with E-state index < -0.39 is 12.0 Å². The first-order chi connectivity index (χ1) is 10.6. The number of amides is 1. The zero-order chi connectivity index (χ0) is 15.9. The Morgan fingerprint density at radius 2 is 1.91 bits per heavy atom. The number of carbonyl (C=O) groups is 2. The van der Waals surface area contributed by atoms with Crippen molar-refractivity contribution in [1.29, 1.82) is 0 Å². The third-order valence-corrected chi connectivity index (χ3v) is 3.28. The summed E-state index contributed by atoms with van der Waals surface area (Å²) < 4.78 is 6.56. The number of carbonyl (C=O) groups excluding carboxylic acids is 2. The number of pyridine rings is 1. The summed E-state index contributed by atoms with van der Waals surface area (Å²) in [5.74, 6) is -0.764. The fourth-order valence-electron chi connectivity index (χ4n) is 2.15. The van der Waals surface area contributed by atoms with Crippen molar-refractivity contribution in [3.63, 3.8) is 0 Å². The summed E-state index contributed by atoms with van der Waals surface area (Å²) in [6, 6.07) is 12.3. The number of rotatable bonds is 5. The summed E-state index contributed by atoms with van der Waals surface area (Å²) in [4.78, 5) is 24.2.